The smallest absolute Gasteiger partial charge is 0.433 e. The maximum absolute atomic E-state index is 13.9. The van der Waals surface area contributed by atoms with E-state index in [0.717, 1.165) is 30.3 Å². The highest BCUT2D eigenvalue weighted by Gasteiger charge is 2.38. The molecule has 230 valence electrons. The van der Waals surface area contributed by atoms with Gasteiger partial charge in [0.15, 0.2) is 11.6 Å². The van der Waals surface area contributed by atoms with Gasteiger partial charge in [0.05, 0.1) is 12.2 Å². The van der Waals surface area contributed by atoms with Crippen molar-refractivity contribution < 1.29 is 46.1 Å². The number of hydrogen-bond donors (Lipinski definition) is 2. The van der Waals surface area contributed by atoms with Crippen LogP contribution in [0, 0.1) is 18.6 Å². The maximum atomic E-state index is 13.9. The molecular formula is C28H28F5N5O5. The van der Waals surface area contributed by atoms with Gasteiger partial charge in [-0.05, 0) is 38.0 Å². The first-order chi connectivity index (χ1) is 20.3. The number of para-hydroxylation sites is 1. The molecule has 3 heterocycles. The molecule has 10 nitrogen and oxygen atoms in total. The number of ether oxygens (including phenoxy) is 2. The molecule has 0 spiro atoms. The Balaban J connectivity index is 1.54. The van der Waals surface area contributed by atoms with Crippen LogP contribution in [-0.4, -0.2) is 63.2 Å². The number of amides is 2. The van der Waals surface area contributed by atoms with Gasteiger partial charge in [0.25, 0.3) is 0 Å². The van der Waals surface area contributed by atoms with Crippen LogP contribution < -0.4 is 14.8 Å². The fourth-order valence-electron chi connectivity index (χ4n) is 4.57. The lowest BCUT2D eigenvalue weighted by atomic mass is 9.85. The largest absolute Gasteiger partial charge is 0.474 e. The van der Waals surface area contributed by atoms with Crippen LogP contribution in [0.15, 0.2) is 42.6 Å². The number of aromatic nitrogens is 3. The van der Waals surface area contributed by atoms with Crippen LogP contribution in [0.4, 0.5) is 26.7 Å². The summed E-state index contributed by atoms with van der Waals surface area (Å²) >= 11 is 0. The molecule has 2 amide bonds. The van der Waals surface area contributed by atoms with E-state index in [1.807, 2.05) is 0 Å². The summed E-state index contributed by atoms with van der Waals surface area (Å²) in [5, 5.41) is 14.3. The van der Waals surface area contributed by atoms with Crippen LogP contribution in [0.2, 0.25) is 0 Å². The molecule has 2 N–H and O–H groups in total. The first kappa shape index (κ1) is 31.5. The third kappa shape index (κ3) is 7.71. The average molecular weight is 610 g/mol. The van der Waals surface area contributed by atoms with Crippen molar-refractivity contribution in [3.8, 4) is 11.6 Å². The Kier molecular flexibility index (Phi) is 9.43. The topological polar surface area (TPSA) is 127 Å². The third-order valence-electron chi connectivity index (χ3n) is 6.79. The number of benzene rings is 1. The molecule has 0 radical (unpaired) electrons. The number of carbonyl (C=O) groups excluding carboxylic acids is 2. The van der Waals surface area contributed by atoms with Crippen LogP contribution in [0.5, 0.6) is 11.6 Å². The molecule has 2 aromatic heterocycles. The van der Waals surface area contributed by atoms with Crippen LogP contribution >= 0.6 is 0 Å². The second kappa shape index (κ2) is 12.9. The van der Waals surface area contributed by atoms with Crippen molar-refractivity contribution in [2.75, 3.05) is 26.2 Å². The van der Waals surface area contributed by atoms with Gasteiger partial charge in [0.2, 0.25) is 17.5 Å². The Morgan fingerprint density at radius 2 is 1.72 bits per heavy atom. The molecular weight excluding hydrogens is 581 g/mol. The SMILES string of the molecule is CC(=O)NCC(O)(COc1cccc(C(F)(F)F)n1)c1cnc(C)nc1C1CCN(C(=O)Oc2c(F)cccc2F)CC1. The van der Waals surface area contributed by atoms with Crippen LogP contribution in [0.25, 0.3) is 0 Å². The highest BCUT2D eigenvalue weighted by atomic mass is 19.4. The molecule has 1 aliphatic rings. The number of hydrogen-bond acceptors (Lipinski definition) is 8. The van der Waals surface area contributed by atoms with Crippen LogP contribution in [0.3, 0.4) is 0 Å². The first-order valence-corrected chi connectivity index (χ1v) is 13.2. The lowest BCUT2D eigenvalue weighted by Crippen LogP contribution is -2.46. The minimum atomic E-state index is -4.71. The van der Waals surface area contributed by atoms with Gasteiger partial charge in [0, 0.05) is 43.8 Å². The molecule has 1 aromatic carbocycles. The molecule has 0 bridgehead atoms. The predicted molar refractivity (Wildman–Crippen MR) is 140 cm³/mol. The van der Waals surface area contributed by atoms with E-state index in [4.69, 9.17) is 9.47 Å². The number of likely N-dealkylation sites (tertiary alicyclic amines) is 1. The number of alkyl halides is 3. The highest BCUT2D eigenvalue weighted by Crippen LogP contribution is 2.35. The van der Waals surface area contributed by atoms with Gasteiger partial charge in [-0.2, -0.15) is 13.2 Å². The molecule has 1 fully saturated rings. The fraction of sp³-hybridized carbons (Fsp3) is 0.393. The molecule has 15 heteroatoms. The zero-order chi connectivity index (χ0) is 31.4. The van der Waals surface area contributed by atoms with Crippen LogP contribution in [0.1, 0.15) is 48.5 Å². The third-order valence-corrected chi connectivity index (χ3v) is 6.79. The number of nitrogens with one attached hydrogen (secondary N) is 1. The monoisotopic (exact) mass is 609 g/mol. The van der Waals surface area contributed by atoms with Gasteiger partial charge in [-0.3, -0.25) is 4.79 Å². The summed E-state index contributed by atoms with van der Waals surface area (Å²) in [6, 6.07) is 6.15. The number of nitrogens with zero attached hydrogens (tertiary/aromatic N) is 4. The number of pyridine rings is 1. The summed E-state index contributed by atoms with van der Waals surface area (Å²) in [6.07, 6.45) is -3.68. The summed E-state index contributed by atoms with van der Waals surface area (Å²) in [5.74, 6) is -3.72. The van der Waals surface area contributed by atoms with Gasteiger partial charge in [0.1, 0.15) is 23.7 Å². The Labute approximate surface area is 242 Å². The number of piperidine rings is 1. The molecule has 4 rings (SSSR count). The molecule has 3 aromatic rings. The second-order valence-corrected chi connectivity index (χ2v) is 9.99. The maximum Gasteiger partial charge on any atom is 0.433 e. The Bertz CT molecular complexity index is 1460. The zero-order valence-electron chi connectivity index (χ0n) is 23.1. The van der Waals surface area contributed by atoms with Crippen molar-refractivity contribution in [1.29, 1.82) is 0 Å². The normalized spacial score (nSPS) is 15.5. The number of rotatable bonds is 8. The summed E-state index contributed by atoms with van der Waals surface area (Å²) in [4.78, 5) is 37.8. The van der Waals surface area contributed by atoms with Crippen molar-refractivity contribution in [2.45, 2.75) is 44.4 Å². The van der Waals surface area contributed by atoms with Crippen molar-refractivity contribution in [3.05, 3.63) is 77.0 Å². The number of halogens is 5. The van der Waals surface area contributed by atoms with Crippen LogP contribution in [-0.2, 0) is 16.6 Å². The van der Waals surface area contributed by atoms with Crippen molar-refractivity contribution in [2.24, 2.45) is 0 Å². The molecule has 43 heavy (non-hydrogen) atoms. The number of carbonyl (C=O) groups is 2. The van der Waals surface area contributed by atoms with Crippen molar-refractivity contribution in [1.82, 2.24) is 25.2 Å². The minimum Gasteiger partial charge on any atom is -0.474 e. The molecule has 1 aliphatic heterocycles. The Morgan fingerprint density at radius 1 is 1.07 bits per heavy atom. The van der Waals surface area contributed by atoms with E-state index >= 15 is 0 Å². The Hall–Kier alpha value is -4.40. The van der Waals surface area contributed by atoms with E-state index in [0.29, 0.717) is 24.4 Å². The minimum absolute atomic E-state index is 0.122. The number of aliphatic hydroxyl groups is 1. The predicted octanol–water partition coefficient (Wildman–Crippen LogP) is 4.26. The molecule has 1 unspecified atom stereocenters. The van der Waals surface area contributed by atoms with Gasteiger partial charge >= 0.3 is 12.3 Å². The summed E-state index contributed by atoms with van der Waals surface area (Å²) in [7, 11) is 0. The lowest BCUT2D eigenvalue weighted by molar-refractivity contribution is -0.141. The van der Waals surface area contributed by atoms with Gasteiger partial charge in [-0.1, -0.05) is 12.1 Å². The van der Waals surface area contributed by atoms with E-state index in [1.54, 1.807) is 6.92 Å². The molecule has 0 saturated carbocycles. The van der Waals surface area contributed by atoms with Gasteiger partial charge < -0.3 is 24.8 Å². The van der Waals surface area contributed by atoms with Gasteiger partial charge in [-0.15, -0.1) is 0 Å². The van der Waals surface area contributed by atoms with E-state index in [2.05, 4.69) is 20.3 Å². The molecule has 1 atom stereocenters. The van der Waals surface area contributed by atoms with Crippen molar-refractivity contribution >= 4 is 12.0 Å². The quantitative estimate of drug-likeness (QED) is 0.363. The summed E-state index contributed by atoms with van der Waals surface area (Å²) in [6.45, 7) is 2.09. The van der Waals surface area contributed by atoms with Crippen molar-refractivity contribution in [3.63, 3.8) is 0 Å². The fourth-order valence-corrected chi connectivity index (χ4v) is 4.57. The Morgan fingerprint density at radius 3 is 2.35 bits per heavy atom. The van der Waals surface area contributed by atoms with E-state index in [9.17, 15) is 36.6 Å². The first-order valence-electron chi connectivity index (χ1n) is 13.2. The van der Waals surface area contributed by atoms with E-state index in [1.165, 1.54) is 24.1 Å². The average Bonchev–Trinajstić information content (AvgIpc) is 2.96. The second-order valence-electron chi connectivity index (χ2n) is 9.99. The molecule has 1 saturated heterocycles. The molecule has 0 aliphatic carbocycles. The van der Waals surface area contributed by atoms with E-state index < -0.39 is 59.3 Å². The standard InChI is InChI=1S/C28H28F5N5O5/c1-16-34-13-19(27(41,14-35-17(2)39)15-42-23-8-4-7-22(37-23)28(31,32)33)24(36-16)18-9-11-38(12-10-18)26(40)43-25-20(29)5-3-6-21(25)30/h3-8,13,18,41H,9-12,14-15H2,1-2H3,(H,35,39). The highest BCUT2D eigenvalue weighted by molar-refractivity contribution is 5.73. The summed E-state index contributed by atoms with van der Waals surface area (Å²) < 4.78 is 77.8. The summed E-state index contributed by atoms with van der Waals surface area (Å²) in [5.41, 5.74) is -2.64. The number of aryl methyl sites for hydroxylation is 1. The van der Waals surface area contributed by atoms with Gasteiger partial charge in [-0.25, -0.2) is 28.5 Å². The zero-order valence-corrected chi connectivity index (χ0v) is 23.1. The lowest BCUT2D eigenvalue weighted by Gasteiger charge is -2.35. The van der Waals surface area contributed by atoms with E-state index in [-0.39, 0.29) is 31.1 Å².